The molecule has 0 saturated heterocycles. The van der Waals surface area contributed by atoms with Crippen molar-refractivity contribution in [3.05, 3.63) is 0 Å². The number of alkyl halides is 6. The average molecular weight is 236 g/mol. The molecule has 0 saturated carbocycles. The van der Waals surface area contributed by atoms with Gasteiger partial charge in [0.1, 0.15) is 0 Å². The Balaban J connectivity index is 5.08. The van der Waals surface area contributed by atoms with Gasteiger partial charge in [0.25, 0.3) is 6.17 Å². The average Bonchev–Trinajstić information content (AvgIpc) is 1.98. The van der Waals surface area contributed by atoms with Crippen molar-refractivity contribution in [3.63, 3.8) is 0 Å². The maximum absolute atomic E-state index is 12.8. The van der Waals surface area contributed by atoms with Crippen LogP contribution in [-0.2, 0) is 4.79 Å². The molecule has 0 aliphatic rings. The van der Waals surface area contributed by atoms with Crippen molar-refractivity contribution in [1.29, 1.82) is 0 Å². The van der Waals surface area contributed by atoms with E-state index in [2.05, 4.69) is 0 Å². The summed E-state index contributed by atoms with van der Waals surface area (Å²) in [6, 6.07) is 0. The number of ketones is 1. The van der Waals surface area contributed by atoms with Gasteiger partial charge in [0.05, 0.1) is 0 Å². The molecule has 0 rings (SSSR count). The third-order valence-corrected chi connectivity index (χ3v) is 1.59. The predicted molar refractivity (Wildman–Crippen MR) is 40.4 cm³/mol. The first kappa shape index (κ1) is 14.2. The van der Waals surface area contributed by atoms with Crippen molar-refractivity contribution in [2.75, 3.05) is 0 Å². The second-order valence-corrected chi connectivity index (χ2v) is 4.11. The first-order valence-corrected chi connectivity index (χ1v) is 3.94. The summed E-state index contributed by atoms with van der Waals surface area (Å²) in [5.74, 6) is -7.11. The number of Topliss-reactive ketones (excluding diaryl/α,β-unsaturated/α-hetero) is 1. The number of rotatable bonds is 2. The highest BCUT2D eigenvalue weighted by molar-refractivity contribution is 5.90. The van der Waals surface area contributed by atoms with E-state index < -0.39 is 29.5 Å². The van der Waals surface area contributed by atoms with E-state index >= 15 is 0 Å². The van der Waals surface area contributed by atoms with E-state index in [4.69, 9.17) is 0 Å². The highest BCUT2D eigenvalue weighted by atomic mass is 19.4. The first-order chi connectivity index (χ1) is 6.31. The minimum atomic E-state index is -5.75. The van der Waals surface area contributed by atoms with Gasteiger partial charge in [0.2, 0.25) is 5.78 Å². The molecular formula is C8H10F6O. The van der Waals surface area contributed by atoms with Gasteiger partial charge in [-0.25, -0.2) is 4.39 Å². The molecule has 0 N–H and O–H groups in total. The molecule has 0 fully saturated rings. The van der Waals surface area contributed by atoms with Crippen molar-refractivity contribution < 1.29 is 31.1 Å². The van der Waals surface area contributed by atoms with Crippen LogP contribution in [0.4, 0.5) is 26.3 Å². The van der Waals surface area contributed by atoms with Crippen LogP contribution in [0, 0.1) is 5.41 Å². The fourth-order valence-corrected chi connectivity index (χ4v) is 0.821. The van der Waals surface area contributed by atoms with Gasteiger partial charge in [-0.2, -0.15) is 22.0 Å². The smallest absolute Gasteiger partial charge is 0.292 e. The summed E-state index contributed by atoms with van der Waals surface area (Å²) >= 11 is 0. The molecule has 0 spiro atoms. The second-order valence-electron chi connectivity index (χ2n) is 4.11. The van der Waals surface area contributed by atoms with Crippen molar-refractivity contribution >= 4 is 5.78 Å². The molecule has 0 aliphatic heterocycles. The van der Waals surface area contributed by atoms with Crippen LogP contribution in [-0.4, -0.2) is 24.1 Å². The Labute approximate surface area is 82.4 Å². The van der Waals surface area contributed by atoms with Gasteiger partial charge in [0, 0.05) is 5.41 Å². The fourth-order valence-electron chi connectivity index (χ4n) is 0.821. The van der Waals surface area contributed by atoms with Crippen molar-refractivity contribution in [2.24, 2.45) is 5.41 Å². The second kappa shape index (κ2) is 3.68. The zero-order valence-electron chi connectivity index (χ0n) is 8.25. The Morgan fingerprint density at radius 3 is 1.53 bits per heavy atom. The van der Waals surface area contributed by atoms with E-state index in [1.807, 2.05) is 0 Å². The van der Waals surface area contributed by atoms with Gasteiger partial charge in [-0.05, 0) is 0 Å². The summed E-state index contributed by atoms with van der Waals surface area (Å²) in [6.45, 7) is 2.98. The highest BCUT2D eigenvalue weighted by Gasteiger charge is 2.62. The third kappa shape index (κ3) is 3.10. The van der Waals surface area contributed by atoms with E-state index in [0.717, 1.165) is 20.8 Å². The molecule has 0 amide bonds. The minimum Gasteiger partial charge on any atom is -0.292 e. The van der Waals surface area contributed by atoms with Gasteiger partial charge < -0.3 is 0 Å². The Hall–Kier alpha value is -0.750. The lowest BCUT2D eigenvalue weighted by Crippen LogP contribution is -2.51. The Kier molecular flexibility index (Phi) is 3.49. The van der Waals surface area contributed by atoms with Crippen LogP contribution in [0.25, 0.3) is 0 Å². The van der Waals surface area contributed by atoms with E-state index in [1.54, 1.807) is 0 Å². The van der Waals surface area contributed by atoms with Crippen LogP contribution in [0.2, 0.25) is 0 Å². The van der Waals surface area contributed by atoms with Crippen molar-refractivity contribution in [3.8, 4) is 0 Å². The fraction of sp³-hybridized carbons (Fsp3) is 0.875. The lowest BCUT2D eigenvalue weighted by atomic mass is 9.85. The first-order valence-electron chi connectivity index (χ1n) is 3.94. The molecule has 0 bridgehead atoms. The van der Waals surface area contributed by atoms with Gasteiger partial charge >= 0.3 is 12.1 Å². The Bertz CT molecular complexity index is 249. The molecule has 1 unspecified atom stereocenters. The normalized spacial score (nSPS) is 16.3. The zero-order chi connectivity index (χ0) is 12.7. The van der Waals surface area contributed by atoms with E-state index in [0.29, 0.717) is 0 Å². The Morgan fingerprint density at radius 1 is 1.00 bits per heavy atom. The molecule has 0 aromatic rings. The molecule has 0 aliphatic carbocycles. The van der Waals surface area contributed by atoms with Gasteiger partial charge in [0.15, 0.2) is 0 Å². The third-order valence-electron chi connectivity index (χ3n) is 1.59. The standard InChI is InChI=1S/C8H10F6O/c1-6(2,3)5(15)7(10,11)4(9)8(12,13)14/h4H,1-3H3. The molecule has 90 valence electrons. The number of halogens is 6. The maximum atomic E-state index is 12.8. The van der Waals surface area contributed by atoms with Crippen LogP contribution < -0.4 is 0 Å². The largest absolute Gasteiger partial charge is 0.426 e. The van der Waals surface area contributed by atoms with Gasteiger partial charge in [-0.15, -0.1) is 0 Å². The molecular weight excluding hydrogens is 226 g/mol. The lowest BCUT2D eigenvalue weighted by molar-refractivity contribution is -0.242. The summed E-state index contributed by atoms with van der Waals surface area (Å²) in [5.41, 5.74) is -1.74. The summed E-state index contributed by atoms with van der Waals surface area (Å²) in [4.78, 5) is 10.9. The quantitative estimate of drug-likeness (QED) is 0.673. The molecule has 0 heterocycles. The minimum absolute atomic E-state index is 0.992. The maximum Gasteiger partial charge on any atom is 0.426 e. The van der Waals surface area contributed by atoms with E-state index in [9.17, 15) is 31.1 Å². The number of carbonyl (C=O) groups excluding carboxylic acids is 1. The molecule has 15 heavy (non-hydrogen) atoms. The van der Waals surface area contributed by atoms with Crippen LogP contribution in [0.1, 0.15) is 20.8 Å². The zero-order valence-corrected chi connectivity index (χ0v) is 8.25. The SMILES string of the molecule is CC(C)(C)C(=O)C(F)(F)C(F)C(F)(F)F. The monoisotopic (exact) mass is 236 g/mol. The molecule has 0 aromatic heterocycles. The van der Waals surface area contributed by atoms with Crippen molar-refractivity contribution in [1.82, 2.24) is 0 Å². The molecule has 0 radical (unpaired) electrons. The molecule has 0 aromatic carbocycles. The molecule has 1 nitrogen and oxygen atoms in total. The number of hydrogen-bond donors (Lipinski definition) is 0. The van der Waals surface area contributed by atoms with Crippen molar-refractivity contribution in [2.45, 2.75) is 39.0 Å². The topological polar surface area (TPSA) is 17.1 Å². The van der Waals surface area contributed by atoms with Crippen LogP contribution in [0.5, 0.6) is 0 Å². The van der Waals surface area contributed by atoms with E-state index in [1.165, 1.54) is 0 Å². The van der Waals surface area contributed by atoms with Gasteiger partial charge in [-0.3, -0.25) is 4.79 Å². The number of hydrogen-bond acceptors (Lipinski definition) is 1. The summed E-state index contributed by atoms with van der Waals surface area (Å²) in [7, 11) is 0. The van der Waals surface area contributed by atoms with Crippen LogP contribution in [0.3, 0.4) is 0 Å². The predicted octanol–water partition coefficient (Wildman–Crippen LogP) is 3.14. The van der Waals surface area contributed by atoms with E-state index in [-0.39, 0.29) is 0 Å². The molecule has 1 atom stereocenters. The summed E-state index contributed by atoms with van der Waals surface area (Å²) in [6.07, 6.45) is -10.2. The number of carbonyl (C=O) groups is 1. The lowest BCUT2D eigenvalue weighted by Gasteiger charge is -2.27. The summed E-state index contributed by atoms with van der Waals surface area (Å²) < 4.78 is 72.9. The highest BCUT2D eigenvalue weighted by Crippen LogP contribution is 2.39. The van der Waals surface area contributed by atoms with Crippen LogP contribution in [0.15, 0.2) is 0 Å². The molecule has 7 heteroatoms. The summed E-state index contributed by atoms with van der Waals surface area (Å²) in [5, 5.41) is 0. The van der Waals surface area contributed by atoms with Crippen LogP contribution >= 0.6 is 0 Å². The van der Waals surface area contributed by atoms with Gasteiger partial charge in [-0.1, -0.05) is 20.8 Å². The Morgan fingerprint density at radius 2 is 1.33 bits per heavy atom.